The third kappa shape index (κ3) is 6.78. The lowest BCUT2D eigenvalue weighted by molar-refractivity contribution is -0.136. The summed E-state index contributed by atoms with van der Waals surface area (Å²) in [4.78, 5) is 27.6. The highest BCUT2D eigenvalue weighted by Crippen LogP contribution is 2.26. The number of benzene rings is 2. The molecule has 1 aromatic heterocycles. The number of hydrogen-bond acceptors (Lipinski definition) is 3. The first-order valence-corrected chi connectivity index (χ1v) is 11.4. The molecule has 3 aromatic rings. The van der Waals surface area contributed by atoms with Crippen LogP contribution in [0, 0.1) is 5.92 Å². The molecule has 0 aliphatic carbocycles. The lowest BCUT2D eigenvalue weighted by atomic mass is 9.92. The van der Waals surface area contributed by atoms with Gasteiger partial charge in [0.2, 0.25) is 11.8 Å². The summed E-state index contributed by atoms with van der Waals surface area (Å²) in [6.45, 7) is 10.6. The Morgan fingerprint density at radius 2 is 1.61 bits per heavy atom. The quantitative estimate of drug-likeness (QED) is 0.518. The molecule has 6 nitrogen and oxygen atoms in total. The second-order valence-corrected chi connectivity index (χ2v) is 9.79. The lowest BCUT2D eigenvalue weighted by Gasteiger charge is -2.23. The molecule has 2 amide bonds. The summed E-state index contributed by atoms with van der Waals surface area (Å²) >= 11 is 0. The summed E-state index contributed by atoms with van der Waals surface area (Å²) in [5.74, 6) is 0.524. The summed E-state index contributed by atoms with van der Waals surface area (Å²) < 4.78 is 1.75. The number of carbonyl (C=O) groups excluding carboxylic acids is 2. The molecule has 33 heavy (non-hydrogen) atoms. The van der Waals surface area contributed by atoms with Gasteiger partial charge in [0.25, 0.3) is 0 Å². The van der Waals surface area contributed by atoms with Gasteiger partial charge in [0.05, 0.1) is 11.4 Å². The van der Waals surface area contributed by atoms with Crippen LogP contribution in [0.25, 0.3) is 5.69 Å². The van der Waals surface area contributed by atoms with Crippen molar-refractivity contribution in [1.82, 2.24) is 14.7 Å². The Morgan fingerprint density at radius 1 is 1.00 bits per heavy atom. The van der Waals surface area contributed by atoms with Crippen molar-refractivity contribution in [1.29, 1.82) is 0 Å². The molecule has 0 spiro atoms. The summed E-state index contributed by atoms with van der Waals surface area (Å²) in [5.41, 5.74) is 2.55. The molecule has 0 atom stereocenters. The maximum absolute atomic E-state index is 13.1. The largest absolute Gasteiger partial charge is 0.329 e. The molecule has 0 saturated carbocycles. The van der Waals surface area contributed by atoms with E-state index in [1.54, 1.807) is 9.58 Å². The van der Waals surface area contributed by atoms with E-state index in [-0.39, 0.29) is 29.7 Å². The minimum Gasteiger partial charge on any atom is -0.329 e. The van der Waals surface area contributed by atoms with Crippen molar-refractivity contribution in [2.45, 2.75) is 53.0 Å². The molecule has 2 aromatic carbocycles. The van der Waals surface area contributed by atoms with Crippen molar-refractivity contribution in [2.24, 2.45) is 5.92 Å². The first kappa shape index (κ1) is 24.2. The zero-order chi connectivity index (χ0) is 24.0. The summed E-state index contributed by atoms with van der Waals surface area (Å²) in [5, 5.41) is 7.74. The third-order valence-electron chi connectivity index (χ3n) is 5.23. The van der Waals surface area contributed by atoms with E-state index in [1.165, 1.54) is 0 Å². The number of rotatable bonds is 8. The highest BCUT2D eigenvalue weighted by atomic mass is 16.2. The van der Waals surface area contributed by atoms with Crippen LogP contribution < -0.4 is 5.32 Å². The molecule has 1 N–H and O–H groups in total. The number of hydrogen-bond donors (Lipinski definition) is 1. The topological polar surface area (TPSA) is 67.2 Å². The van der Waals surface area contributed by atoms with Gasteiger partial charge < -0.3 is 10.2 Å². The van der Waals surface area contributed by atoms with E-state index in [0.717, 1.165) is 16.9 Å². The van der Waals surface area contributed by atoms with Crippen molar-refractivity contribution in [3.8, 4) is 5.69 Å². The van der Waals surface area contributed by atoms with Crippen LogP contribution in [0.3, 0.4) is 0 Å². The lowest BCUT2D eigenvalue weighted by Crippen LogP contribution is -2.38. The zero-order valence-electron chi connectivity index (χ0n) is 20.2. The van der Waals surface area contributed by atoms with Crippen molar-refractivity contribution in [3.63, 3.8) is 0 Å². The van der Waals surface area contributed by atoms with Gasteiger partial charge in [-0.15, -0.1) is 0 Å². The average molecular weight is 447 g/mol. The molecule has 0 aliphatic heterocycles. The molecule has 0 unspecified atom stereocenters. The van der Waals surface area contributed by atoms with Crippen LogP contribution in [0.4, 0.5) is 5.82 Å². The van der Waals surface area contributed by atoms with Crippen molar-refractivity contribution < 1.29 is 9.59 Å². The Hall–Kier alpha value is -3.41. The number of para-hydroxylation sites is 1. The Labute approximate surface area is 196 Å². The summed E-state index contributed by atoms with van der Waals surface area (Å²) in [7, 11) is 0. The number of carbonyl (C=O) groups is 2. The van der Waals surface area contributed by atoms with Crippen molar-refractivity contribution >= 4 is 17.6 Å². The minimum atomic E-state index is -0.249. The van der Waals surface area contributed by atoms with Crippen LogP contribution in [0.1, 0.15) is 52.3 Å². The van der Waals surface area contributed by atoms with Gasteiger partial charge in [-0.25, -0.2) is 4.68 Å². The molecule has 0 aliphatic rings. The molecule has 0 bridgehead atoms. The fourth-order valence-corrected chi connectivity index (χ4v) is 3.47. The standard InChI is InChI=1S/C27H34N4O2/c1-20(2)16-26(33)30(18-21-12-8-6-9-13-21)19-25(32)28-24-17-23(27(3,4)5)29-31(24)22-14-10-7-11-15-22/h6-15,17,20H,16,18-19H2,1-5H3,(H,28,32). The Morgan fingerprint density at radius 3 is 2.18 bits per heavy atom. The molecular weight excluding hydrogens is 412 g/mol. The van der Waals surface area contributed by atoms with Crippen LogP contribution >= 0.6 is 0 Å². The van der Waals surface area contributed by atoms with E-state index in [4.69, 9.17) is 5.10 Å². The van der Waals surface area contributed by atoms with Crippen molar-refractivity contribution in [2.75, 3.05) is 11.9 Å². The van der Waals surface area contributed by atoms with Gasteiger partial charge in [0, 0.05) is 24.4 Å². The molecule has 0 saturated heterocycles. The molecule has 0 fully saturated rings. The first-order valence-electron chi connectivity index (χ1n) is 11.4. The van der Waals surface area contributed by atoms with Gasteiger partial charge in [-0.05, 0) is 23.6 Å². The number of nitrogens with one attached hydrogen (secondary N) is 1. The zero-order valence-corrected chi connectivity index (χ0v) is 20.2. The second kappa shape index (κ2) is 10.5. The molecule has 3 rings (SSSR count). The normalized spacial score (nSPS) is 11.5. The molecule has 0 radical (unpaired) electrons. The highest BCUT2D eigenvalue weighted by Gasteiger charge is 2.23. The van der Waals surface area contributed by atoms with E-state index in [2.05, 4.69) is 26.1 Å². The third-order valence-corrected chi connectivity index (χ3v) is 5.23. The van der Waals surface area contributed by atoms with Crippen LogP contribution in [0.5, 0.6) is 0 Å². The molecular formula is C27H34N4O2. The maximum atomic E-state index is 13.1. The van der Waals surface area contributed by atoms with E-state index < -0.39 is 0 Å². The first-order chi connectivity index (χ1) is 15.6. The fraction of sp³-hybridized carbons (Fsp3) is 0.370. The second-order valence-electron chi connectivity index (χ2n) is 9.79. The highest BCUT2D eigenvalue weighted by molar-refractivity contribution is 5.94. The number of anilines is 1. The Kier molecular flexibility index (Phi) is 7.69. The minimum absolute atomic E-state index is 0.0226. The maximum Gasteiger partial charge on any atom is 0.245 e. The van der Waals surface area contributed by atoms with Crippen LogP contribution in [0.2, 0.25) is 0 Å². The average Bonchev–Trinajstić information content (AvgIpc) is 3.18. The van der Waals surface area contributed by atoms with E-state index in [0.29, 0.717) is 18.8 Å². The number of amides is 2. The monoisotopic (exact) mass is 446 g/mol. The van der Waals surface area contributed by atoms with Crippen LogP contribution in [0.15, 0.2) is 66.7 Å². The summed E-state index contributed by atoms with van der Waals surface area (Å²) in [6, 6.07) is 21.4. The number of aromatic nitrogens is 2. The van der Waals surface area contributed by atoms with E-state index >= 15 is 0 Å². The van der Waals surface area contributed by atoms with Gasteiger partial charge in [-0.3, -0.25) is 9.59 Å². The fourth-order valence-electron chi connectivity index (χ4n) is 3.47. The molecule has 6 heteroatoms. The van der Waals surface area contributed by atoms with E-state index in [9.17, 15) is 9.59 Å². The van der Waals surface area contributed by atoms with E-state index in [1.807, 2.05) is 80.6 Å². The van der Waals surface area contributed by atoms with Gasteiger partial charge in [-0.2, -0.15) is 5.10 Å². The van der Waals surface area contributed by atoms with Gasteiger partial charge >= 0.3 is 0 Å². The summed E-state index contributed by atoms with van der Waals surface area (Å²) in [6.07, 6.45) is 0.399. The number of nitrogens with zero attached hydrogens (tertiary/aromatic N) is 3. The predicted molar refractivity (Wildman–Crippen MR) is 132 cm³/mol. The van der Waals surface area contributed by atoms with Gasteiger partial charge in [0.15, 0.2) is 0 Å². The van der Waals surface area contributed by atoms with Crippen LogP contribution in [-0.4, -0.2) is 33.0 Å². The SMILES string of the molecule is CC(C)CC(=O)N(CC(=O)Nc1cc(C(C)(C)C)nn1-c1ccccc1)Cc1ccccc1. The predicted octanol–water partition coefficient (Wildman–Crippen LogP) is 5.18. The Balaban J connectivity index is 1.83. The Bertz CT molecular complexity index is 1070. The van der Waals surface area contributed by atoms with Crippen molar-refractivity contribution in [3.05, 3.63) is 78.0 Å². The van der Waals surface area contributed by atoms with Crippen LogP contribution in [-0.2, 0) is 21.5 Å². The molecule has 174 valence electrons. The smallest absolute Gasteiger partial charge is 0.245 e. The molecule has 1 heterocycles. The van der Waals surface area contributed by atoms with Gasteiger partial charge in [0.1, 0.15) is 12.4 Å². The van der Waals surface area contributed by atoms with Gasteiger partial charge in [-0.1, -0.05) is 83.1 Å².